The SMILES string of the molecule is Cc1cccc(C)c1-c1nc(-c2c(C)cccc2C)nc(-c2cc3c4cccc5c4c(cc3c3ccccc23)-c2ccccc2-5)n1. The monoisotopic (exact) mass is 589 g/mol. The number of fused-ring (bicyclic) bond motifs is 7. The predicted molar refractivity (Wildman–Crippen MR) is 192 cm³/mol. The van der Waals surface area contributed by atoms with E-state index in [2.05, 4.69) is 143 Å². The fourth-order valence-corrected chi connectivity index (χ4v) is 7.69. The van der Waals surface area contributed by atoms with Crippen molar-refractivity contribution in [3.63, 3.8) is 0 Å². The van der Waals surface area contributed by atoms with E-state index < -0.39 is 0 Å². The number of nitrogens with zero attached hydrogens (tertiary/aromatic N) is 3. The molecule has 0 radical (unpaired) electrons. The van der Waals surface area contributed by atoms with Crippen LogP contribution in [0.3, 0.4) is 0 Å². The molecule has 0 atom stereocenters. The zero-order valence-electron chi connectivity index (χ0n) is 26.3. The Labute approximate surface area is 268 Å². The summed E-state index contributed by atoms with van der Waals surface area (Å²) < 4.78 is 0. The predicted octanol–water partition coefficient (Wildman–Crippen LogP) is 11.2. The smallest absolute Gasteiger partial charge is 0.164 e. The minimum absolute atomic E-state index is 0.690. The molecule has 0 saturated heterocycles. The van der Waals surface area contributed by atoms with Crippen LogP contribution in [0.5, 0.6) is 0 Å². The van der Waals surface area contributed by atoms with Gasteiger partial charge in [0, 0.05) is 16.7 Å². The molecule has 1 heterocycles. The van der Waals surface area contributed by atoms with Crippen molar-refractivity contribution in [3.05, 3.63) is 138 Å². The van der Waals surface area contributed by atoms with Crippen molar-refractivity contribution < 1.29 is 0 Å². The van der Waals surface area contributed by atoms with E-state index in [0.717, 1.165) is 44.3 Å². The van der Waals surface area contributed by atoms with E-state index in [4.69, 9.17) is 15.0 Å². The molecule has 0 amide bonds. The fourth-order valence-electron chi connectivity index (χ4n) is 7.69. The van der Waals surface area contributed by atoms with Gasteiger partial charge in [0.1, 0.15) is 0 Å². The van der Waals surface area contributed by atoms with Crippen LogP contribution in [0.4, 0.5) is 0 Å². The average Bonchev–Trinajstić information content (AvgIpc) is 3.39. The molecule has 1 aliphatic carbocycles. The van der Waals surface area contributed by atoms with Crippen molar-refractivity contribution in [1.82, 2.24) is 15.0 Å². The molecule has 46 heavy (non-hydrogen) atoms. The molecule has 3 heteroatoms. The van der Waals surface area contributed by atoms with Gasteiger partial charge in [-0.2, -0.15) is 0 Å². The standard InChI is InChI=1S/C43H31N3/c1-24-12-9-13-25(2)38(24)42-44-41(45-43(46-42)39-26(3)14-10-15-27(39)4)37-23-35-33-21-11-20-32-28-16-5-7-18-30(28)36(40(32)33)22-34(35)29-17-6-8-19-31(29)37/h5-23H,1-4H3. The topological polar surface area (TPSA) is 38.7 Å². The molecule has 1 aromatic heterocycles. The van der Waals surface area contributed by atoms with Crippen molar-refractivity contribution >= 4 is 32.3 Å². The first kappa shape index (κ1) is 26.7. The van der Waals surface area contributed by atoms with Crippen molar-refractivity contribution in [1.29, 1.82) is 0 Å². The highest BCUT2D eigenvalue weighted by Crippen LogP contribution is 2.50. The molecule has 0 bridgehead atoms. The Kier molecular flexibility index (Phi) is 5.76. The van der Waals surface area contributed by atoms with Gasteiger partial charge in [0.15, 0.2) is 17.5 Å². The zero-order chi connectivity index (χ0) is 31.1. The summed E-state index contributed by atoms with van der Waals surface area (Å²) >= 11 is 0. The van der Waals surface area contributed by atoms with Gasteiger partial charge in [-0.3, -0.25) is 0 Å². The zero-order valence-corrected chi connectivity index (χ0v) is 26.3. The molecule has 1 aliphatic rings. The summed E-state index contributed by atoms with van der Waals surface area (Å²) in [7, 11) is 0. The number of hydrogen-bond donors (Lipinski definition) is 0. The lowest BCUT2D eigenvalue weighted by Crippen LogP contribution is -2.04. The minimum atomic E-state index is 0.690. The van der Waals surface area contributed by atoms with E-state index in [0.29, 0.717) is 17.5 Å². The summed E-state index contributed by atoms with van der Waals surface area (Å²) in [4.78, 5) is 15.7. The molecule has 0 unspecified atom stereocenters. The molecule has 0 spiro atoms. The largest absolute Gasteiger partial charge is 0.208 e. The maximum absolute atomic E-state index is 5.28. The molecular formula is C43H31N3. The third-order valence-corrected chi connectivity index (χ3v) is 9.79. The van der Waals surface area contributed by atoms with Crippen LogP contribution in [0.25, 0.3) is 88.7 Å². The second-order valence-electron chi connectivity index (χ2n) is 12.6. The first-order chi connectivity index (χ1) is 22.5. The van der Waals surface area contributed by atoms with Crippen molar-refractivity contribution in [2.45, 2.75) is 27.7 Å². The highest BCUT2D eigenvalue weighted by Gasteiger charge is 2.24. The Hall–Kier alpha value is -5.67. The lowest BCUT2D eigenvalue weighted by atomic mass is 9.90. The third kappa shape index (κ3) is 3.81. The summed E-state index contributed by atoms with van der Waals surface area (Å²) in [5.41, 5.74) is 13.0. The van der Waals surface area contributed by atoms with Crippen LogP contribution in [-0.2, 0) is 0 Å². The van der Waals surface area contributed by atoms with Gasteiger partial charge in [-0.15, -0.1) is 0 Å². The Balaban J connectivity index is 1.41. The number of aryl methyl sites for hydroxylation is 4. The first-order valence-corrected chi connectivity index (χ1v) is 15.9. The first-order valence-electron chi connectivity index (χ1n) is 15.9. The van der Waals surface area contributed by atoms with E-state index >= 15 is 0 Å². The average molecular weight is 590 g/mol. The molecular weight excluding hydrogens is 558 g/mol. The van der Waals surface area contributed by atoms with Crippen LogP contribution in [-0.4, -0.2) is 15.0 Å². The van der Waals surface area contributed by atoms with Crippen LogP contribution in [0.15, 0.2) is 115 Å². The Morgan fingerprint density at radius 2 is 0.761 bits per heavy atom. The summed E-state index contributed by atoms with van der Waals surface area (Å²) in [6.45, 7) is 8.54. The van der Waals surface area contributed by atoms with Crippen LogP contribution < -0.4 is 0 Å². The highest BCUT2D eigenvalue weighted by atomic mass is 15.0. The second-order valence-corrected chi connectivity index (χ2v) is 12.6. The van der Waals surface area contributed by atoms with Gasteiger partial charge in [0.25, 0.3) is 0 Å². The molecule has 7 aromatic carbocycles. The third-order valence-electron chi connectivity index (χ3n) is 9.79. The summed E-state index contributed by atoms with van der Waals surface area (Å²) in [5.74, 6) is 2.10. The molecule has 0 saturated carbocycles. The van der Waals surface area contributed by atoms with Gasteiger partial charge in [-0.25, -0.2) is 15.0 Å². The maximum Gasteiger partial charge on any atom is 0.164 e. The summed E-state index contributed by atoms with van der Waals surface area (Å²) in [6.07, 6.45) is 0. The maximum atomic E-state index is 5.28. The van der Waals surface area contributed by atoms with Gasteiger partial charge in [0.05, 0.1) is 0 Å². The lowest BCUT2D eigenvalue weighted by Gasteiger charge is -2.16. The quantitative estimate of drug-likeness (QED) is 0.192. The van der Waals surface area contributed by atoms with E-state index in [1.807, 2.05) is 0 Å². The fraction of sp³-hybridized carbons (Fsp3) is 0.0930. The van der Waals surface area contributed by atoms with Gasteiger partial charge < -0.3 is 0 Å². The molecule has 3 nitrogen and oxygen atoms in total. The normalized spacial score (nSPS) is 11.9. The van der Waals surface area contributed by atoms with Crippen molar-refractivity contribution in [2.75, 3.05) is 0 Å². The van der Waals surface area contributed by atoms with Gasteiger partial charge in [0.2, 0.25) is 0 Å². The van der Waals surface area contributed by atoms with E-state index in [1.165, 1.54) is 49.2 Å². The second kappa shape index (κ2) is 9.92. The summed E-state index contributed by atoms with van der Waals surface area (Å²) in [6, 6.07) is 41.6. The van der Waals surface area contributed by atoms with Crippen LogP contribution in [0.1, 0.15) is 22.3 Å². The Morgan fingerprint density at radius 1 is 0.326 bits per heavy atom. The van der Waals surface area contributed by atoms with E-state index in [1.54, 1.807) is 0 Å². The molecule has 8 aromatic rings. The Morgan fingerprint density at radius 3 is 1.39 bits per heavy atom. The van der Waals surface area contributed by atoms with E-state index in [-0.39, 0.29) is 0 Å². The van der Waals surface area contributed by atoms with Crippen LogP contribution >= 0.6 is 0 Å². The minimum Gasteiger partial charge on any atom is -0.208 e. The molecule has 0 fully saturated rings. The molecule has 0 aliphatic heterocycles. The Bertz CT molecular complexity index is 2470. The van der Waals surface area contributed by atoms with Gasteiger partial charge >= 0.3 is 0 Å². The highest BCUT2D eigenvalue weighted by molar-refractivity contribution is 6.28. The van der Waals surface area contributed by atoms with Gasteiger partial charge in [-0.1, -0.05) is 103 Å². The van der Waals surface area contributed by atoms with E-state index in [9.17, 15) is 0 Å². The molecule has 9 rings (SSSR count). The molecule has 0 N–H and O–H groups in total. The van der Waals surface area contributed by atoms with Gasteiger partial charge in [-0.05, 0) is 117 Å². The lowest BCUT2D eigenvalue weighted by molar-refractivity contribution is 1.06. The molecule has 218 valence electrons. The number of aromatic nitrogens is 3. The number of rotatable bonds is 3. The number of benzene rings is 7. The number of hydrogen-bond acceptors (Lipinski definition) is 3. The van der Waals surface area contributed by atoms with Crippen LogP contribution in [0, 0.1) is 27.7 Å². The van der Waals surface area contributed by atoms with Crippen molar-refractivity contribution in [3.8, 4) is 56.4 Å². The van der Waals surface area contributed by atoms with Crippen LogP contribution in [0.2, 0.25) is 0 Å². The van der Waals surface area contributed by atoms with Crippen molar-refractivity contribution in [2.24, 2.45) is 0 Å². The summed E-state index contributed by atoms with van der Waals surface area (Å²) in [5, 5.41) is 7.37.